The lowest BCUT2D eigenvalue weighted by Gasteiger charge is -2.13. The van der Waals surface area contributed by atoms with Crippen molar-refractivity contribution in [2.75, 3.05) is 24.9 Å². The zero-order valence-electron chi connectivity index (χ0n) is 29.6. The Morgan fingerprint density at radius 1 is 0.607 bits per heavy atom. The third kappa shape index (κ3) is 6.40. The molecule has 2 aromatic carbocycles. The summed E-state index contributed by atoms with van der Waals surface area (Å²) in [6.45, 7) is 0. The molecule has 0 spiro atoms. The van der Waals surface area contributed by atoms with Crippen LogP contribution in [0.15, 0.2) is 130 Å². The third-order valence-electron chi connectivity index (χ3n) is 8.87. The zero-order chi connectivity index (χ0) is 37.8. The van der Waals surface area contributed by atoms with E-state index in [2.05, 4.69) is 61.2 Å². The molecule has 0 aliphatic rings. The molecule has 0 aliphatic carbocycles. The van der Waals surface area contributed by atoms with Crippen molar-refractivity contribution in [1.29, 1.82) is 0 Å². The van der Waals surface area contributed by atoms with Gasteiger partial charge in [-0.3, -0.25) is 15.3 Å². The highest BCUT2D eigenvalue weighted by Gasteiger charge is 2.19. The number of anilines is 4. The Balaban J connectivity index is 0.000000146. The summed E-state index contributed by atoms with van der Waals surface area (Å²) in [4.78, 5) is 17.3. The topological polar surface area (TPSA) is 220 Å². The van der Waals surface area contributed by atoms with Gasteiger partial charge in [0.25, 0.3) is 0 Å². The average molecular weight is 747 g/mol. The molecule has 0 aliphatic heterocycles. The first-order valence-corrected chi connectivity index (χ1v) is 17.0. The minimum atomic E-state index is 0.536. The van der Waals surface area contributed by atoms with Crippen molar-refractivity contribution in [2.45, 2.75) is 0 Å². The van der Waals surface area contributed by atoms with Gasteiger partial charge in [0, 0.05) is 22.9 Å². The minimum absolute atomic E-state index is 0.536. The van der Waals surface area contributed by atoms with Gasteiger partial charge < -0.3 is 33.4 Å². The van der Waals surface area contributed by atoms with E-state index in [4.69, 9.17) is 22.7 Å². The number of H-pyrrole nitrogens is 3. The fourth-order valence-electron chi connectivity index (χ4n) is 6.18. The number of nitrogens with zero attached hydrogens (tertiary/aromatic N) is 7. The molecule has 17 nitrogen and oxygen atoms in total. The number of aromatic nitrogens is 10. The summed E-state index contributed by atoms with van der Waals surface area (Å²) in [5.74, 6) is 3.22. The van der Waals surface area contributed by atoms with Gasteiger partial charge in [-0.2, -0.15) is 15.3 Å². The number of ether oxygens (including phenoxy) is 2. The standard InChI is InChI=1S/C20H15N5O3.C19H15N7O2/c1-26-15-5-4-12(13-6-8-27-10-13)9-14(15)23-19-17-18(16-3-2-7-28-16)24-25-20(17)22-11-21-19;1-27-15-3-2-11(12-4-5-28-9-12)6-14(15)24-18-16-17(13-7-22-23-8-13)25-26-19(16)21-10-20-18/h2-11H,1H3,(H2,21,22,23,24,25);2-10H,1H3,(H,22,23)(H2,20,21,24,25,26). The molecule has 0 unspecified atom stereocenters. The number of hydrogen-bond donors (Lipinski definition) is 5. The van der Waals surface area contributed by atoms with Crippen LogP contribution in [0.4, 0.5) is 23.0 Å². The number of hydrogen-bond acceptors (Lipinski definition) is 14. The Morgan fingerprint density at radius 3 is 1.70 bits per heavy atom. The molecule has 276 valence electrons. The van der Waals surface area contributed by atoms with Crippen molar-refractivity contribution in [2.24, 2.45) is 0 Å². The fraction of sp³-hybridized carbons (Fsp3) is 0.0513. The highest BCUT2D eigenvalue weighted by atomic mass is 16.5. The minimum Gasteiger partial charge on any atom is -0.495 e. The quantitative estimate of drug-likeness (QED) is 0.0888. The summed E-state index contributed by atoms with van der Waals surface area (Å²) in [7, 11) is 3.25. The molecule has 10 rings (SSSR count). The van der Waals surface area contributed by atoms with Gasteiger partial charge in [0.2, 0.25) is 0 Å². The molecule has 8 aromatic heterocycles. The summed E-state index contributed by atoms with van der Waals surface area (Å²) in [6.07, 6.45) is 14.7. The normalized spacial score (nSPS) is 11.0. The van der Waals surface area contributed by atoms with E-state index in [0.717, 1.165) is 55.7 Å². The molecule has 0 saturated heterocycles. The van der Waals surface area contributed by atoms with Crippen LogP contribution >= 0.6 is 0 Å². The number of fused-ring (bicyclic) bond motifs is 2. The van der Waals surface area contributed by atoms with Crippen molar-refractivity contribution >= 4 is 45.1 Å². The molecular formula is C39H30N12O5. The van der Waals surface area contributed by atoms with Crippen LogP contribution in [0.5, 0.6) is 11.5 Å². The van der Waals surface area contributed by atoms with Crippen molar-refractivity contribution in [3.63, 3.8) is 0 Å². The predicted molar refractivity (Wildman–Crippen MR) is 207 cm³/mol. The second-order valence-electron chi connectivity index (χ2n) is 12.1. The van der Waals surface area contributed by atoms with Gasteiger partial charge in [-0.25, -0.2) is 19.9 Å². The molecule has 0 saturated carbocycles. The SMILES string of the molecule is COc1ccc(-c2ccoc2)cc1Nc1ncnc2n[nH]c(-c3ccco3)c12.COc1ccc(-c2ccoc2)cc1Nc1ncnc2n[nH]c(-c3cn[nH]c3)c12. The van der Waals surface area contributed by atoms with Crippen LogP contribution in [-0.4, -0.2) is 64.7 Å². The summed E-state index contributed by atoms with van der Waals surface area (Å²) >= 11 is 0. The van der Waals surface area contributed by atoms with Crippen LogP contribution in [0.2, 0.25) is 0 Å². The Bertz CT molecular complexity index is 2650. The largest absolute Gasteiger partial charge is 0.495 e. The van der Waals surface area contributed by atoms with Gasteiger partial charge in [-0.05, 0) is 59.7 Å². The lowest BCUT2D eigenvalue weighted by molar-refractivity contribution is 0.417. The highest BCUT2D eigenvalue weighted by Crippen LogP contribution is 2.38. The molecular weight excluding hydrogens is 717 g/mol. The first kappa shape index (κ1) is 33.6. The Hall–Kier alpha value is -8.21. The number of nitrogens with one attached hydrogen (secondary N) is 5. The maximum Gasteiger partial charge on any atom is 0.186 e. The van der Waals surface area contributed by atoms with E-state index in [0.29, 0.717) is 45.9 Å². The number of methoxy groups -OCH3 is 2. The molecule has 56 heavy (non-hydrogen) atoms. The zero-order valence-corrected chi connectivity index (χ0v) is 29.6. The monoisotopic (exact) mass is 746 g/mol. The smallest absolute Gasteiger partial charge is 0.186 e. The van der Waals surface area contributed by atoms with E-state index >= 15 is 0 Å². The molecule has 10 aromatic rings. The highest BCUT2D eigenvalue weighted by molar-refractivity contribution is 6.00. The van der Waals surface area contributed by atoms with E-state index in [1.807, 2.05) is 60.7 Å². The Morgan fingerprint density at radius 2 is 1.20 bits per heavy atom. The van der Waals surface area contributed by atoms with Gasteiger partial charge in [0.1, 0.15) is 41.5 Å². The summed E-state index contributed by atoms with van der Waals surface area (Å²) in [6, 6.07) is 19.2. The third-order valence-corrected chi connectivity index (χ3v) is 8.87. The molecule has 0 radical (unpaired) electrons. The first-order chi connectivity index (χ1) is 27.7. The average Bonchev–Trinajstić information content (AvgIpc) is 4.09. The Labute approximate surface area is 316 Å². The number of aromatic amines is 3. The van der Waals surface area contributed by atoms with Crippen LogP contribution in [0.25, 0.3) is 67.0 Å². The Kier molecular flexibility index (Phi) is 8.80. The van der Waals surface area contributed by atoms with E-state index in [1.165, 1.54) is 12.7 Å². The van der Waals surface area contributed by atoms with Gasteiger partial charge in [-0.1, -0.05) is 12.1 Å². The molecule has 5 N–H and O–H groups in total. The number of rotatable bonds is 10. The van der Waals surface area contributed by atoms with Gasteiger partial charge >= 0.3 is 0 Å². The van der Waals surface area contributed by atoms with Gasteiger partial charge in [0.15, 0.2) is 17.1 Å². The molecule has 0 amide bonds. The first-order valence-electron chi connectivity index (χ1n) is 17.0. The number of furan rings is 3. The maximum absolute atomic E-state index is 5.52. The van der Waals surface area contributed by atoms with E-state index in [9.17, 15) is 0 Å². The summed E-state index contributed by atoms with van der Waals surface area (Å²) < 4.78 is 26.9. The molecule has 17 heteroatoms. The summed E-state index contributed by atoms with van der Waals surface area (Å²) in [5, 5.41) is 29.5. The van der Waals surface area contributed by atoms with Gasteiger partial charge in [0.05, 0.1) is 79.6 Å². The maximum atomic E-state index is 5.52. The van der Waals surface area contributed by atoms with Crippen molar-refractivity contribution in [1.82, 2.24) is 50.5 Å². The second-order valence-corrected chi connectivity index (χ2v) is 12.1. The van der Waals surface area contributed by atoms with Gasteiger partial charge in [-0.15, -0.1) is 0 Å². The fourth-order valence-corrected chi connectivity index (χ4v) is 6.18. The molecule has 0 atom stereocenters. The van der Waals surface area contributed by atoms with Crippen LogP contribution in [0, 0.1) is 0 Å². The predicted octanol–water partition coefficient (Wildman–Crippen LogP) is 8.38. The second kappa shape index (κ2) is 14.7. The lowest BCUT2D eigenvalue weighted by Crippen LogP contribution is -1.99. The molecule has 0 bridgehead atoms. The van der Waals surface area contributed by atoms with Crippen molar-refractivity contribution < 1.29 is 22.7 Å². The van der Waals surface area contributed by atoms with Crippen molar-refractivity contribution in [3.8, 4) is 56.5 Å². The van der Waals surface area contributed by atoms with E-state index in [-0.39, 0.29) is 0 Å². The van der Waals surface area contributed by atoms with Crippen LogP contribution in [0.1, 0.15) is 0 Å². The van der Waals surface area contributed by atoms with Crippen LogP contribution in [0.3, 0.4) is 0 Å². The molecule has 8 heterocycles. The van der Waals surface area contributed by atoms with Crippen LogP contribution < -0.4 is 20.1 Å². The number of benzene rings is 2. The van der Waals surface area contributed by atoms with E-state index < -0.39 is 0 Å². The lowest BCUT2D eigenvalue weighted by atomic mass is 10.1. The van der Waals surface area contributed by atoms with E-state index in [1.54, 1.807) is 57.9 Å². The summed E-state index contributed by atoms with van der Waals surface area (Å²) in [5.41, 5.74) is 8.87. The van der Waals surface area contributed by atoms with Crippen LogP contribution in [-0.2, 0) is 0 Å². The molecule has 0 fully saturated rings. The van der Waals surface area contributed by atoms with Crippen molar-refractivity contribution in [3.05, 3.63) is 117 Å².